The molecular formula is C25H20F2N4O3. The topological polar surface area (TPSA) is 93.1 Å². The SMILES string of the molecule is CCNC(=O)c1cccc(NC(=O)Cn2nc(-c3ccc(F)c(F)c3)c3ccccc3c2=O)c1. The maximum Gasteiger partial charge on any atom is 0.275 e. The van der Waals surface area contributed by atoms with Crippen LogP contribution in [-0.4, -0.2) is 28.1 Å². The van der Waals surface area contributed by atoms with Crippen molar-refractivity contribution in [2.24, 2.45) is 0 Å². The lowest BCUT2D eigenvalue weighted by Crippen LogP contribution is -2.30. The van der Waals surface area contributed by atoms with Gasteiger partial charge in [0, 0.05) is 28.7 Å². The quantitative estimate of drug-likeness (QED) is 0.457. The van der Waals surface area contributed by atoms with Gasteiger partial charge in [0.15, 0.2) is 11.6 Å². The Labute approximate surface area is 193 Å². The molecule has 4 rings (SSSR count). The lowest BCUT2D eigenvalue weighted by molar-refractivity contribution is -0.117. The molecule has 3 aromatic carbocycles. The summed E-state index contributed by atoms with van der Waals surface area (Å²) in [5.74, 6) is -2.88. The number of hydrogen-bond donors (Lipinski definition) is 2. The molecule has 2 N–H and O–H groups in total. The van der Waals surface area contributed by atoms with Crippen molar-refractivity contribution in [3.8, 4) is 11.3 Å². The molecule has 1 heterocycles. The third kappa shape index (κ3) is 4.68. The Morgan fingerprint density at radius 2 is 1.71 bits per heavy atom. The molecule has 0 radical (unpaired) electrons. The summed E-state index contributed by atoms with van der Waals surface area (Å²) in [6.45, 7) is 1.84. The minimum Gasteiger partial charge on any atom is -0.352 e. The van der Waals surface area contributed by atoms with Crippen molar-refractivity contribution in [1.82, 2.24) is 15.1 Å². The number of carbonyl (C=O) groups is 2. The number of benzene rings is 3. The van der Waals surface area contributed by atoms with Gasteiger partial charge in [0.2, 0.25) is 5.91 Å². The number of halogens is 2. The van der Waals surface area contributed by atoms with Gasteiger partial charge in [-0.05, 0) is 49.4 Å². The van der Waals surface area contributed by atoms with Crippen LogP contribution in [0, 0.1) is 11.6 Å². The molecule has 0 spiro atoms. The number of rotatable bonds is 6. The highest BCUT2D eigenvalue weighted by atomic mass is 19.2. The van der Waals surface area contributed by atoms with Crippen molar-refractivity contribution in [2.45, 2.75) is 13.5 Å². The van der Waals surface area contributed by atoms with Crippen LogP contribution >= 0.6 is 0 Å². The molecule has 0 fully saturated rings. The lowest BCUT2D eigenvalue weighted by Gasteiger charge is -2.12. The zero-order valence-electron chi connectivity index (χ0n) is 18.1. The Bertz CT molecular complexity index is 1470. The Morgan fingerprint density at radius 3 is 2.44 bits per heavy atom. The van der Waals surface area contributed by atoms with Crippen LogP contribution < -0.4 is 16.2 Å². The fraction of sp³-hybridized carbons (Fsp3) is 0.120. The van der Waals surface area contributed by atoms with E-state index in [0.717, 1.165) is 16.8 Å². The van der Waals surface area contributed by atoms with E-state index < -0.39 is 29.6 Å². The second-order valence-corrected chi connectivity index (χ2v) is 7.47. The first kappa shape index (κ1) is 22.8. The molecule has 0 unspecified atom stereocenters. The van der Waals surface area contributed by atoms with Crippen LogP contribution in [0.5, 0.6) is 0 Å². The summed E-state index contributed by atoms with van der Waals surface area (Å²) in [4.78, 5) is 37.7. The number of nitrogens with one attached hydrogen (secondary N) is 2. The molecule has 0 atom stereocenters. The molecular weight excluding hydrogens is 442 g/mol. The highest BCUT2D eigenvalue weighted by molar-refractivity contribution is 5.97. The van der Waals surface area contributed by atoms with Crippen LogP contribution in [0.2, 0.25) is 0 Å². The number of anilines is 1. The molecule has 34 heavy (non-hydrogen) atoms. The van der Waals surface area contributed by atoms with Gasteiger partial charge in [-0.25, -0.2) is 13.5 Å². The summed E-state index contributed by atoms with van der Waals surface area (Å²) in [5.41, 5.74) is 0.747. The number of carbonyl (C=O) groups excluding carboxylic acids is 2. The predicted octanol–water partition coefficient (Wildman–Crippen LogP) is 3.73. The largest absolute Gasteiger partial charge is 0.352 e. The van der Waals surface area contributed by atoms with Gasteiger partial charge >= 0.3 is 0 Å². The predicted molar refractivity (Wildman–Crippen MR) is 124 cm³/mol. The normalized spacial score (nSPS) is 10.8. The van der Waals surface area contributed by atoms with E-state index in [4.69, 9.17) is 0 Å². The van der Waals surface area contributed by atoms with E-state index in [1.807, 2.05) is 0 Å². The molecule has 4 aromatic rings. The average molecular weight is 462 g/mol. The van der Waals surface area contributed by atoms with Crippen molar-refractivity contribution in [1.29, 1.82) is 0 Å². The van der Waals surface area contributed by atoms with Gasteiger partial charge < -0.3 is 10.6 Å². The van der Waals surface area contributed by atoms with Gasteiger partial charge in [-0.2, -0.15) is 5.10 Å². The first-order chi connectivity index (χ1) is 16.4. The fourth-order valence-corrected chi connectivity index (χ4v) is 3.54. The van der Waals surface area contributed by atoms with E-state index in [1.165, 1.54) is 12.1 Å². The Hall–Kier alpha value is -4.40. The maximum atomic E-state index is 13.9. The van der Waals surface area contributed by atoms with Crippen LogP contribution in [-0.2, 0) is 11.3 Å². The standard InChI is InChI=1S/C25H20F2N4O3/c1-2-28-24(33)16-6-5-7-17(12-16)29-22(32)14-31-25(34)19-9-4-3-8-18(19)23(30-31)15-10-11-20(26)21(27)13-15/h3-13H,2,14H2,1H3,(H,28,33)(H,29,32). The first-order valence-corrected chi connectivity index (χ1v) is 10.5. The summed E-state index contributed by atoms with van der Waals surface area (Å²) in [7, 11) is 0. The molecule has 0 aliphatic carbocycles. The van der Waals surface area contributed by atoms with E-state index in [-0.39, 0.29) is 22.6 Å². The fourth-order valence-electron chi connectivity index (χ4n) is 3.54. The van der Waals surface area contributed by atoms with Crippen LogP contribution in [0.1, 0.15) is 17.3 Å². The second-order valence-electron chi connectivity index (χ2n) is 7.47. The minimum atomic E-state index is -1.05. The summed E-state index contributed by atoms with van der Waals surface area (Å²) in [6.07, 6.45) is 0. The zero-order valence-corrected chi connectivity index (χ0v) is 18.1. The smallest absolute Gasteiger partial charge is 0.275 e. The molecule has 0 saturated heterocycles. The van der Waals surface area contributed by atoms with Crippen LogP contribution in [0.4, 0.5) is 14.5 Å². The Kier molecular flexibility index (Phi) is 6.44. The van der Waals surface area contributed by atoms with Crippen LogP contribution in [0.3, 0.4) is 0 Å². The Morgan fingerprint density at radius 1 is 0.941 bits per heavy atom. The third-order valence-electron chi connectivity index (χ3n) is 5.10. The number of amides is 2. The molecule has 172 valence electrons. The average Bonchev–Trinajstić information content (AvgIpc) is 2.83. The maximum absolute atomic E-state index is 13.9. The first-order valence-electron chi connectivity index (χ1n) is 10.5. The molecule has 0 saturated carbocycles. The van der Waals surface area contributed by atoms with E-state index in [0.29, 0.717) is 23.2 Å². The minimum absolute atomic E-state index is 0.236. The van der Waals surface area contributed by atoms with Crippen molar-refractivity contribution in [3.05, 3.63) is 94.3 Å². The lowest BCUT2D eigenvalue weighted by atomic mass is 10.0. The highest BCUT2D eigenvalue weighted by Gasteiger charge is 2.16. The van der Waals surface area contributed by atoms with E-state index in [9.17, 15) is 23.2 Å². The zero-order chi connectivity index (χ0) is 24.2. The number of nitrogens with zero attached hydrogens (tertiary/aromatic N) is 2. The molecule has 7 nitrogen and oxygen atoms in total. The summed E-state index contributed by atoms with van der Waals surface area (Å²) >= 11 is 0. The van der Waals surface area contributed by atoms with Crippen molar-refractivity contribution >= 4 is 28.3 Å². The number of aromatic nitrogens is 2. The van der Waals surface area contributed by atoms with Gasteiger partial charge in [0.1, 0.15) is 6.54 Å². The number of hydrogen-bond acceptors (Lipinski definition) is 4. The molecule has 0 bridgehead atoms. The van der Waals surface area contributed by atoms with Gasteiger partial charge in [-0.15, -0.1) is 0 Å². The van der Waals surface area contributed by atoms with Gasteiger partial charge in [0.05, 0.1) is 11.1 Å². The van der Waals surface area contributed by atoms with Gasteiger partial charge in [-0.3, -0.25) is 14.4 Å². The van der Waals surface area contributed by atoms with Crippen molar-refractivity contribution in [2.75, 3.05) is 11.9 Å². The van der Waals surface area contributed by atoms with Crippen LogP contribution in [0.15, 0.2) is 71.5 Å². The van der Waals surface area contributed by atoms with Crippen molar-refractivity contribution in [3.63, 3.8) is 0 Å². The third-order valence-corrected chi connectivity index (χ3v) is 5.10. The summed E-state index contributed by atoms with van der Waals surface area (Å²) < 4.78 is 28.3. The van der Waals surface area contributed by atoms with E-state index >= 15 is 0 Å². The monoisotopic (exact) mass is 462 g/mol. The van der Waals surface area contributed by atoms with Crippen LogP contribution in [0.25, 0.3) is 22.0 Å². The Balaban J connectivity index is 1.67. The van der Waals surface area contributed by atoms with Gasteiger partial charge in [-0.1, -0.05) is 24.3 Å². The number of fused-ring (bicyclic) bond motifs is 1. The van der Waals surface area contributed by atoms with E-state index in [1.54, 1.807) is 49.4 Å². The second kappa shape index (κ2) is 9.62. The molecule has 2 amide bonds. The summed E-state index contributed by atoms with van der Waals surface area (Å²) in [6, 6.07) is 16.3. The molecule has 9 heteroatoms. The summed E-state index contributed by atoms with van der Waals surface area (Å²) in [5, 5.41) is 10.3. The molecule has 0 aliphatic rings. The van der Waals surface area contributed by atoms with Gasteiger partial charge in [0.25, 0.3) is 11.5 Å². The molecule has 0 aliphatic heterocycles. The molecule has 1 aromatic heterocycles. The highest BCUT2D eigenvalue weighted by Crippen LogP contribution is 2.26. The van der Waals surface area contributed by atoms with Crippen molar-refractivity contribution < 1.29 is 18.4 Å². The van der Waals surface area contributed by atoms with E-state index in [2.05, 4.69) is 15.7 Å².